The number of nitrogens with one attached hydrogen (secondary N) is 3. The molecule has 3 rings (SSSR count). The van der Waals surface area contributed by atoms with Crippen molar-refractivity contribution in [3.8, 4) is 0 Å². The summed E-state index contributed by atoms with van der Waals surface area (Å²) in [5.74, 6) is -0.699. The van der Waals surface area contributed by atoms with Crippen LogP contribution in [0.3, 0.4) is 0 Å². The Morgan fingerprint density at radius 1 is 0.897 bits per heavy atom. The Labute approximate surface area is 163 Å². The molecule has 1 aromatic rings. The second-order valence-corrected chi connectivity index (χ2v) is 8.17. The molecule has 1 aromatic heterocycles. The van der Waals surface area contributed by atoms with E-state index in [9.17, 15) is 34.8 Å². The number of aromatic nitrogens is 2. The lowest BCUT2D eigenvalue weighted by Gasteiger charge is -2.17. The summed E-state index contributed by atoms with van der Waals surface area (Å²) in [6.07, 6.45) is -10.6. The van der Waals surface area contributed by atoms with Gasteiger partial charge in [-0.2, -0.15) is 4.98 Å². The number of aromatic amines is 1. The number of aliphatic hydroxyl groups is 6. The van der Waals surface area contributed by atoms with Gasteiger partial charge in [-0.15, -0.1) is 0 Å². The lowest BCUT2D eigenvalue weighted by atomic mass is 10.1. The van der Waals surface area contributed by atoms with Gasteiger partial charge >= 0.3 is 7.60 Å². The predicted octanol–water partition coefficient (Wildman–Crippen LogP) is -5.09. The van der Waals surface area contributed by atoms with E-state index in [1.165, 1.54) is 0 Å². The summed E-state index contributed by atoms with van der Waals surface area (Å²) in [6.45, 7) is -1.17. The lowest BCUT2D eigenvalue weighted by Crippen LogP contribution is -2.37. The Morgan fingerprint density at radius 3 is 1.79 bits per heavy atom. The molecular formula is C13H23N4O11P. The van der Waals surface area contributed by atoms with E-state index < -0.39 is 81.1 Å². The maximum absolute atomic E-state index is 11.8. The van der Waals surface area contributed by atoms with Crippen molar-refractivity contribution in [2.75, 3.05) is 23.8 Å². The van der Waals surface area contributed by atoms with E-state index in [0.29, 0.717) is 0 Å². The minimum absolute atomic E-state index is 0.271. The highest BCUT2D eigenvalue weighted by Crippen LogP contribution is 2.37. The summed E-state index contributed by atoms with van der Waals surface area (Å²) < 4.78 is 22.2. The summed E-state index contributed by atoms with van der Waals surface area (Å²) >= 11 is 0. The molecule has 166 valence electrons. The Balaban J connectivity index is 1.80. The van der Waals surface area contributed by atoms with Crippen LogP contribution in [0, 0.1) is 0 Å². The molecule has 0 spiro atoms. The third-order valence-corrected chi connectivity index (χ3v) is 5.52. The van der Waals surface area contributed by atoms with Gasteiger partial charge in [-0.05, 0) is 0 Å². The number of H-pyrrole nitrogens is 1. The highest BCUT2D eigenvalue weighted by atomic mass is 31.2. The summed E-state index contributed by atoms with van der Waals surface area (Å²) in [4.78, 5) is 25.3. The average molecular weight is 442 g/mol. The van der Waals surface area contributed by atoms with Gasteiger partial charge in [0.15, 0.2) is 23.7 Å². The molecule has 16 heteroatoms. The quantitative estimate of drug-likeness (QED) is 0.177. The van der Waals surface area contributed by atoms with Gasteiger partial charge in [0.05, 0.1) is 13.2 Å². The van der Waals surface area contributed by atoms with Gasteiger partial charge in [-0.3, -0.25) is 4.57 Å². The fraction of sp³-hybridized carbons (Fsp3) is 0.769. The van der Waals surface area contributed by atoms with Crippen LogP contribution in [-0.2, 0) is 14.0 Å². The van der Waals surface area contributed by atoms with E-state index in [4.69, 9.17) is 19.7 Å². The molecule has 15 nitrogen and oxygen atoms in total. The number of anilines is 2. The van der Waals surface area contributed by atoms with Crippen molar-refractivity contribution in [2.45, 2.75) is 49.1 Å². The van der Waals surface area contributed by atoms with E-state index in [1.807, 2.05) is 0 Å². The van der Waals surface area contributed by atoms with Gasteiger partial charge in [0.1, 0.15) is 36.6 Å². The van der Waals surface area contributed by atoms with Gasteiger partial charge in [-0.1, -0.05) is 0 Å². The molecule has 2 unspecified atom stereocenters. The molecule has 2 aliphatic heterocycles. The van der Waals surface area contributed by atoms with Crippen LogP contribution < -0.4 is 16.1 Å². The van der Waals surface area contributed by atoms with Crippen LogP contribution in [0.2, 0.25) is 0 Å². The minimum atomic E-state index is -4.90. The third kappa shape index (κ3) is 4.40. The molecule has 2 saturated heterocycles. The first-order valence-corrected chi connectivity index (χ1v) is 10.1. The van der Waals surface area contributed by atoms with Crippen LogP contribution in [0.5, 0.6) is 0 Å². The standard InChI is InChI=1S/C13H23N4O11P/c18-1-3-5(20)7(22)10(27-3)14-9-12(29(24,25)26)17-13(15-9)16-11-8(23)6(21)4(2-19)28-11/h3-8,10-11,14,18-23H,1-2H2,(H2,15,16,17)(H2,24,25,26)/t3-,4-,5-,6-,7-,8-,10?,11?/m1/s1. The highest BCUT2D eigenvalue weighted by Gasteiger charge is 2.45. The van der Waals surface area contributed by atoms with Crippen molar-refractivity contribution in [1.82, 2.24) is 9.97 Å². The Bertz CT molecular complexity index is 759. The van der Waals surface area contributed by atoms with Gasteiger partial charge < -0.3 is 65.5 Å². The SMILES string of the molecule is O=P(O)(O)c1[nH]c(NC2O[C@H](CO)[C@@H](O)[C@H]2O)nc1NC1O[C@H](CO)[C@@H](O)[C@H]1O. The number of rotatable bonds is 7. The number of hydrogen-bond acceptors (Lipinski definition) is 12. The lowest BCUT2D eigenvalue weighted by molar-refractivity contribution is -0.0155. The van der Waals surface area contributed by atoms with Gasteiger partial charge in [0.2, 0.25) is 5.95 Å². The fourth-order valence-corrected chi connectivity index (χ4v) is 3.69. The topological polar surface area (TPSA) is 250 Å². The van der Waals surface area contributed by atoms with Crippen LogP contribution in [0.1, 0.15) is 0 Å². The molecule has 0 bridgehead atoms. The van der Waals surface area contributed by atoms with E-state index in [0.717, 1.165) is 0 Å². The molecule has 0 aliphatic carbocycles. The van der Waals surface area contributed by atoms with E-state index >= 15 is 0 Å². The summed E-state index contributed by atoms with van der Waals surface area (Å²) in [5.41, 5.74) is -0.690. The Kier molecular flexibility index (Phi) is 6.47. The first-order valence-electron chi connectivity index (χ1n) is 8.51. The van der Waals surface area contributed by atoms with Crippen LogP contribution >= 0.6 is 7.60 Å². The molecule has 29 heavy (non-hydrogen) atoms. The van der Waals surface area contributed by atoms with E-state index in [1.54, 1.807) is 0 Å². The summed E-state index contributed by atoms with van der Waals surface area (Å²) in [5, 5.41) is 62.6. The Morgan fingerprint density at radius 2 is 1.38 bits per heavy atom. The zero-order valence-corrected chi connectivity index (χ0v) is 15.6. The highest BCUT2D eigenvalue weighted by molar-refractivity contribution is 7.60. The van der Waals surface area contributed by atoms with Crippen LogP contribution in [0.25, 0.3) is 0 Å². The van der Waals surface area contributed by atoms with Crippen molar-refractivity contribution < 1.29 is 54.5 Å². The number of aliphatic hydroxyl groups excluding tert-OH is 6. The molecular weight excluding hydrogens is 419 g/mol. The zero-order valence-electron chi connectivity index (χ0n) is 14.7. The zero-order chi connectivity index (χ0) is 21.5. The third-order valence-electron chi connectivity index (χ3n) is 4.62. The van der Waals surface area contributed by atoms with Crippen molar-refractivity contribution in [3.63, 3.8) is 0 Å². The normalized spacial score (nSPS) is 37.8. The molecule has 11 N–H and O–H groups in total. The molecule has 0 radical (unpaired) electrons. The van der Waals surface area contributed by atoms with Crippen molar-refractivity contribution in [2.24, 2.45) is 0 Å². The molecule has 0 amide bonds. The largest absolute Gasteiger partial charge is 0.394 e. The van der Waals surface area contributed by atoms with Gasteiger partial charge in [0.25, 0.3) is 0 Å². The smallest absolute Gasteiger partial charge is 0.376 e. The molecule has 2 aliphatic rings. The van der Waals surface area contributed by atoms with Gasteiger partial charge in [0, 0.05) is 0 Å². The van der Waals surface area contributed by atoms with E-state index in [-0.39, 0.29) is 5.95 Å². The van der Waals surface area contributed by atoms with Crippen molar-refractivity contribution >= 4 is 24.8 Å². The molecule has 2 fully saturated rings. The number of hydrogen-bond donors (Lipinski definition) is 11. The summed E-state index contributed by atoms with van der Waals surface area (Å²) in [7, 11) is -4.90. The Hall–Kier alpha value is -1.36. The van der Waals surface area contributed by atoms with Crippen LogP contribution in [0.15, 0.2) is 0 Å². The van der Waals surface area contributed by atoms with Crippen LogP contribution in [0.4, 0.5) is 11.8 Å². The predicted molar refractivity (Wildman–Crippen MR) is 93.0 cm³/mol. The van der Waals surface area contributed by atoms with Crippen molar-refractivity contribution in [1.29, 1.82) is 0 Å². The number of imidazole rings is 1. The first kappa shape index (κ1) is 22.3. The monoisotopic (exact) mass is 442 g/mol. The van der Waals surface area contributed by atoms with Crippen molar-refractivity contribution in [3.05, 3.63) is 0 Å². The molecule has 3 heterocycles. The first-order chi connectivity index (χ1) is 13.6. The maximum atomic E-state index is 11.8. The molecule has 0 saturated carbocycles. The molecule has 8 atom stereocenters. The molecule has 0 aromatic carbocycles. The van der Waals surface area contributed by atoms with E-state index in [2.05, 4.69) is 20.6 Å². The minimum Gasteiger partial charge on any atom is -0.394 e. The number of ether oxygens (including phenoxy) is 2. The second kappa shape index (κ2) is 8.41. The van der Waals surface area contributed by atoms with Gasteiger partial charge in [-0.25, -0.2) is 0 Å². The summed E-state index contributed by atoms with van der Waals surface area (Å²) in [6, 6.07) is 0. The maximum Gasteiger partial charge on any atom is 0.376 e. The fourth-order valence-electron chi connectivity index (χ4n) is 3.05. The average Bonchev–Trinajstić information content (AvgIpc) is 3.27. The number of nitrogens with zero attached hydrogens (tertiary/aromatic N) is 1. The second-order valence-electron chi connectivity index (χ2n) is 6.63. The van der Waals surface area contributed by atoms with Crippen LogP contribution in [-0.4, -0.2) is 113 Å².